The Morgan fingerprint density at radius 3 is 2.48 bits per heavy atom. The lowest BCUT2D eigenvalue weighted by Gasteiger charge is -2.32. The Morgan fingerprint density at radius 2 is 1.81 bits per heavy atom. The first-order chi connectivity index (χ1) is 9.72. The van der Waals surface area contributed by atoms with Crippen LogP contribution in [0.15, 0.2) is 18.2 Å². The van der Waals surface area contributed by atoms with Crippen molar-refractivity contribution >= 4 is 12.4 Å². The fraction of sp³-hybridized carbons (Fsp3) is 0.667. The van der Waals surface area contributed by atoms with Crippen LogP contribution in [0.4, 0.5) is 0 Å². The predicted molar refractivity (Wildman–Crippen MR) is 90.5 cm³/mol. The van der Waals surface area contributed by atoms with Crippen LogP contribution in [-0.4, -0.2) is 31.1 Å². The Bertz CT molecular complexity index is 438. The summed E-state index contributed by atoms with van der Waals surface area (Å²) in [5, 5.41) is 0. The largest absolute Gasteiger partial charge is 0.493 e. The van der Waals surface area contributed by atoms with Gasteiger partial charge in [-0.1, -0.05) is 18.2 Å². The number of hydrogen-bond donors (Lipinski definition) is 0. The standard InChI is InChI=1S/C18H27NO.ClH/c1-14-5-3-6-15(2)18(14)20-13-17-7-4-10-19(12-17)11-16-8-9-16;/h3,5-6,16-17H,4,7-13H2,1-2H3;1H/t17-;/m0./s1. The second-order valence-corrected chi connectivity index (χ2v) is 6.74. The molecule has 0 bridgehead atoms. The van der Waals surface area contributed by atoms with Crippen molar-refractivity contribution in [3.05, 3.63) is 29.3 Å². The molecule has 0 unspecified atom stereocenters. The fourth-order valence-corrected chi connectivity index (χ4v) is 3.35. The van der Waals surface area contributed by atoms with Gasteiger partial charge in [0.05, 0.1) is 6.61 Å². The van der Waals surface area contributed by atoms with Crippen LogP contribution in [0.2, 0.25) is 0 Å². The first kappa shape index (κ1) is 16.6. The zero-order valence-electron chi connectivity index (χ0n) is 13.3. The molecule has 118 valence electrons. The minimum atomic E-state index is 0. The molecule has 2 nitrogen and oxygen atoms in total. The van der Waals surface area contributed by atoms with Crippen LogP contribution in [0.1, 0.15) is 36.8 Å². The molecular formula is C18H28ClNO. The Labute approximate surface area is 135 Å². The van der Waals surface area contributed by atoms with E-state index in [4.69, 9.17) is 4.74 Å². The number of aryl methyl sites for hydroxylation is 2. The maximum Gasteiger partial charge on any atom is 0.125 e. The molecule has 1 saturated heterocycles. The van der Waals surface area contributed by atoms with E-state index in [1.54, 1.807) is 0 Å². The molecule has 1 aliphatic heterocycles. The number of piperidine rings is 1. The predicted octanol–water partition coefficient (Wildman–Crippen LogP) is 4.23. The Hall–Kier alpha value is -0.730. The summed E-state index contributed by atoms with van der Waals surface area (Å²) in [6.45, 7) is 9.04. The molecule has 1 atom stereocenters. The van der Waals surface area contributed by atoms with Crippen molar-refractivity contribution in [2.75, 3.05) is 26.2 Å². The highest BCUT2D eigenvalue weighted by Crippen LogP contribution is 2.31. The summed E-state index contributed by atoms with van der Waals surface area (Å²) in [6.07, 6.45) is 5.58. The van der Waals surface area contributed by atoms with Crippen molar-refractivity contribution in [1.29, 1.82) is 0 Å². The van der Waals surface area contributed by atoms with Crippen LogP contribution in [0.3, 0.4) is 0 Å². The van der Waals surface area contributed by atoms with Crippen LogP contribution in [0, 0.1) is 25.7 Å². The molecule has 3 rings (SSSR count). The van der Waals surface area contributed by atoms with E-state index < -0.39 is 0 Å². The van der Waals surface area contributed by atoms with Crippen molar-refractivity contribution in [3.8, 4) is 5.75 Å². The van der Waals surface area contributed by atoms with Crippen molar-refractivity contribution < 1.29 is 4.74 Å². The second kappa shape index (κ2) is 7.51. The first-order valence-corrected chi connectivity index (χ1v) is 8.13. The Balaban J connectivity index is 0.00000161. The van der Waals surface area contributed by atoms with E-state index in [-0.39, 0.29) is 12.4 Å². The number of hydrogen-bond acceptors (Lipinski definition) is 2. The molecule has 0 spiro atoms. The molecule has 1 aromatic carbocycles. The van der Waals surface area contributed by atoms with Crippen LogP contribution < -0.4 is 4.74 Å². The molecule has 1 heterocycles. The normalized spacial score (nSPS) is 22.7. The number of ether oxygens (including phenoxy) is 1. The van der Waals surface area contributed by atoms with Crippen LogP contribution in [-0.2, 0) is 0 Å². The minimum Gasteiger partial charge on any atom is -0.493 e. The number of benzene rings is 1. The van der Waals surface area contributed by atoms with Crippen LogP contribution >= 0.6 is 12.4 Å². The molecule has 1 aliphatic carbocycles. The summed E-state index contributed by atoms with van der Waals surface area (Å²) in [4.78, 5) is 2.67. The molecule has 0 aromatic heterocycles. The fourth-order valence-electron chi connectivity index (χ4n) is 3.35. The van der Waals surface area contributed by atoms with Crippen molar-refractivity contribution in [2.24, 2.45) is 11.8 Å². The molecule has 2 aliphatic rings. The van der Waals surface area contributed by atoms with Gasteiger partial charge in [0.25, 0.3) is 0 Å². The summed E-state index contributed by atoms with van der Waals surface area (Å²) >= 11 is 0. The lowest BCUT2D eigenvalue weighted by atomic mass is 9.98. The maximum atomic E-state index is 6.15. The highest BCUT2D eigenvalue weighted by atomic mass is 35.5. The summed E-state index contributed by atoms with van der Waals surface area (Å²) in [6, 6.07) is 6.39. The van der Waals surface area contributed by atoms with Gasteiger partial charge in [-0.25, -0.2) is 0 Å². The van der Waals surface area contributed by atoms with E-state index >= 15 is 0 Å². The summed E-state index contributed by atoms with van der Waals surface area (Å²) in [5.74, 6) is 2.82. The van der Waals surface area contributed by atoms with E-state index in [9.17, 15) is 0 Å². The van der Waals surface area contributed by atoms with Crippen LogP contribution in [0.5, 0.6) is 5.75 Å². The van der Waals surface area contributed by atoms with Gasteiger partial charge in [-0.05, 0) is 63.1 Å². The van der Waals surface area contributed by atoms with Crippen LogP contribution in [0.25, 0.3) is 0 Å². The summed E-state index contributed by atoms with van der Waals surface area (Å²) in [7, 11) is 0. The monoisotopic (exact) mass is 309 g/mol. The van der Waals surface area contributed by atoms with Gasteiger partial charge in [-0.3, -0.25) is 0 Å². The molecule has 1 aromatic rings. The average molecular weight is 310 g/mol. The molecule has 0 amide bonds. The number of nitrogens with zero attached hydrogens (tertiary/aromatic N) is 1. The van der Waals surface area contributed by atoms with Gasteiger partial charge in [0.2, 0.25) is 0 Å². The highest BCUT2D eigenvalue weighted by Gasteiger charge is 2.27. The third-order valence-corrected chi connectivity index (χ3v) is 4.69. The molecule has 2 fully saturated rings. The van der Waals surface area contributed by atoms with E-state index in [0.29, 0.717) is 5.92 Å². The van der Waals surface area contributed by atoms with Gasteiger partial charge in [-0.2, -0.15) is 0 Å². The number of likely N-dealkylation sites (tertiary alicyclic amines) is 1. The third kappa shape index (κ3) is 4.62. The molecule has 3 heteroatoms. The van der Waals surface area contributed by atoms with Gasteiger partial charge in [0.15, 0.2) is 0 Å². The molecule has 21 heavy (non-hydrogen) atoms. The van der Waals surface area contributed by atoms with E-state index in [1.807, 2.05) is 0 Å². The smallest absolute Gasteiger partial charge is 0.125 e. The summed E-state index contributed by atoms with van der Waals surface area (Å²) in [5.41, 5.74) is 2.52. The molecular weight excluding hydrogens is 282 g/mol. The molecule has 0 N–H and O–H groups in total. The first-order valence-electron chi connectivity index (χ1n) is 8.13. The van der Waals surface area contributed by atoms with Crippen molar-refractivity contribution in [2.45, 2.75) is 39.5 Å². The van der Waals surface area contributed by atoms with Crippen molar-refractivity contribution in [3.63, 3.8) is 0 Å². The van der Waals surface area contributed by atoms with E-state index in [1.165, 1.54) is 56.4 Å². The number of para-hydroxylation sites is 1. The molecule has 0 radical (unpaired) electrons. The van der Waals surface area contributed by atoms with Gasteiger partial charge >= 0.3 is 0 Å². The maximum absolute atomic E-state index is 6.15. The zero-order chi connectivity index (χ0) is 13.9. The Kier molecular flexibility index (Phi) is 5.95. The lowest BCUT2D eigenvalue weighted by Crippen LogP contribution is -2.38. The number of rotatable bonds is 5. The zero-order valence-corrected chi connectivity index (χ0v) is 14.1. The van der Waals surface area contributed by atoms with E-state index in [2.05, 4.69) is 36.9 Å². The van der Waals surface area contributed by atoms with Gasteiger partial charge in [-0.15, -0.1) is 12.4 Å². The second-order valence-electron chi connectivity index (χ2n) is 6.74. The van der Waals surface area contributed by atoms with Gasteiger partial charge in [0, 0.05) is 19.0 Å². The number of halogens is 1. The quantitative estimate of drug-likeness (QED) is 0.807. The SMILES string of the molecule is Cc1cccc(C)c1OC[C@H]1CCCN(CC2CC2)C1.Cl. The third-order valence-electron chi connectivity index (χ3n) is 4.69. The highest BCUT2D eigenvalue weighted by molar-refractivity contribution is 5.85. The topological polar surface area (TPSA) is 12.5 Å². The van der Waals surface area contributed by atoms with E-state index in [0.717, 1.165) is 18.3 Å². The lowest BCUT2D eigenvalue weighted by molar-refractivity contribution is 0.126. The van der Waals surface area contributed by atoms with Crippen molar-refractivity contribution in [1.82, 2.24) is 4.90 Å². The molecule has 1 saturated carbocycles. The van der Waals surface area contributed by atoms with Gasteiger partial charge in [0.1, 0.15) is 5.75 Å². The average Bonchev–Trinajstić information content (AvgIpc) is 3.23. The Morgan fingerprint density at radius 1 is 1.10 bits per heavy atom. The summed E-state index contributed by atoms with van der Waals surface area (Å²) < 4.78 is 6.15. The minimum absolute atomic E-state index is 0. The van der Waals surface area contributed by atoms with Gasteiger partial charge < -0.3 is 9.64 Å².